The second-order valence-corrected chi connectivity index (χ2v) is 6.85. The van der Waals surface area contributed by atoms with E-state index in [0.717, 1.165) is 0 Å². The Balaban J connectivity index is 2.18. The highest BCUT2D eigenvalue weighted by Crippen LogP contribution is 2.42. The Kier molecular flexibility index (Phi) is 6.30. The van der Waals surface area contributed by atoms with Crippen LogP contribution >= 0.6 is 8.20 Å². The molecule has 0 unspecified atom stereocenters. The van der Waals surface area contributed by atoms with Gasteiger partial charge in [0.25, 0.3) is 0 Å². The van der Waals surface area contributed by atoms with Crippen LogP contribution in [0.5, 0.6) is 0 Å². The van der Waals surface area contributed by atoms with Crippen LogP contribution < -0.4 is 0 Å². The molecule has 0 nitrogen and oxygen atoms in total. The van der Waals surface area contributed by atoms with E-state index in [4.69, 9.17) is 0 Å². The minimum Gasteiger partial charge on any atom is -0.0654 e. The Labute approximate surface area is 126 Å². The average molecular weight is 287 g/mol. The second-order valence-electron chi connectivity index (χ2n) is 5.92. The van der Waals surface area contributed by atoms with E-state index in [-0.39, 0.29) is 0 Å². The number of rotatable bonds is 9. The molecule has 0 saturated heterocycles. The van der Waals surface area contributed by atoms with E-state index < -0.39 is 0 Å². The molecule has 0 aromatic heterocycles. The van der Waals surface area contributed by atoms with E-state index in [2.05, 4.69) is 32.7 Å². The van der Waals surface area contributed by atoms with Gasteiger partial charge in [-0.3, -0.25) is 0 Å². The van der Waals surface area contributed by atoms with Crippen molar-refractivity contribution in [2.45, 2.75) is 78.6 Å². The fourth-order valence-corrected chi connectivity index (χ4v) is 4.09. The van der Waals surface area contributed by atoms with Crippen LogP contribution in [0.25, 0.3) is 0 Å². The molecule has 0 saturated carbocycles. The molecule has 0 aromatic rings. The lowest BCUT2D eigenvalue weighted by Crippen LogP contribution is -1.97. The van der Waals surface area contributed by atoms with Gasteiger partial charge in [0, 0.05) is 11.1 Å². The van der Waals surface area contributed by atoms with E-state index in [1.165, 1.54) is 71.6 Å². The SMILES string of the molecule is CCCCC1=[C]P=C2C=C(CCCC)C(CCCC)=C12. The van der Waals surface area contributed by atoms with E-state index in [1.807, 2.05) is 0 Å². The van der Waals surface area contributed by atoms with Crippen molar-refractivity contribution in [1.29, 1.82) is 0 Å². The number of hydrogen-bond donors (Lipinski definition) is 0. The molecular formula is C19H28P. The average Bonchev–Trinajstić information content (AvgIpc) is 3.00. The number of unbranched alkanes of at least 4 members (excludes halogenated alkanes) is 3. The van der Waals surface area contributed by atoms with Gasteiger partial charge in [-0.25, -0.2) is 0 Å². The summed E-state index contributed by atoms with van der Waals surface area (Å²) in [5.74, 6) is 3.63. The first kappa shape index (κ1) is 15.8. The van der Waals surface area contributed by atoms with Gasteiger partial charge in [-0.15, -0.1) is 0 Å². The Bertz CT molecular complexity index is 460. The van der Waals surface area contributed by atoms with Crippen molar-refractivity contribution in [3.63, 3.8) is 0 Å². The van der Waals surface area contributed by atoms with Gasteiger partial charge in [-0.05, 0) is 66.9 Å². The van der Waals surface area contributed by atoms with Crippen LogP contribution in [0.4, 0.5) is 0 Å². The lowest BCUT2D eigenvalue weighted by atomic mass is 9.92. The minimum atomic E-state index is 1.23. The quantitative estimate of drug-likeness (QED) is 0.418. The molecule has 109 valence electrons. The molecular weight excluding hydrogens is 259 g/mol. The number of allylic oxidation sites excluding steroid dienone is 5. The Hall–Kier alpha value is -0.610. The largest absolute Gasteiger partial charge is 0.0654 e. The van der Waals surface area contributed by atoms with Gasteiger partial charge in [-0.2, -0.15) is 0 Å². The van der Waals surface area contributed by atoms with Crippen LogP contribution in [0.15, 0.2) is 28.4 Å². The maximum Gasteiger partial charge on any atom is 0.0184 e. The van der Waals surface area contributed by atoms with Crippen molar-refractivity contribution in [1.82, 2.24) is 0 Å². The van der Waals surface area contributed by atoms with E-state index in [0.29, 0.717) is 0 Å². The first-order valence-electron chi connectivity index (χ1n) is 8.46. The summed E-state index contributed by atoms with van der Waals surface area (Å²) in [6, 6.07) is 0. The summed E-state index contributed by atoms with van der Waals surface area (Å²) in [6.07, 6.45) is 14.1. The summed E-state index contributed by atoms with van der Waals surface area (Å²) >= 11 is 0. The zero-order chi connectivity index (χ0) is 14.4. The minimum absolute atomic E-state index is 1.23. The zero-order valence-electron chi connectivity index (χ0n) is 13.4. The first-order valence-corrected chi connectivity index (χ1v) is 9.35. The van der Waals surface area contributed by atoms with Crippen molar-refractivity contribution >= 4 is 13.5 Å². The van der Waals surface area contributed by atoms with Gasteiger partial charge in [0.05, 0.1) is 0 Å². The highest BCUT2D eigenvalue weighted by molar-refractivity contribution is 7.44. The van der Waals surface area contributed by atoms with Crippen LogP contribution in [0.1, 0.15) is 78.6 Å². The smallest absolute Gasteiger partial charge is 0.0184 e. The number of hydrogen-bond acceptors (Lipinski definition) is 0. The third-order valence-electron chi connectivity index (χ3n) is 4.23. The van der Waals surface area contributed by atoms with Crippen molar-refractivity contribution in [2.24, 2.45) is 0 Å². The van der Waals surface area contributed by atoms with Gasteiger partial charge >= 0.3 is 0 Å². The highest BCUT2D eigenvalue weighted by atomic mass is 31.1. The van der Waals surface area contributed by atoms with Gasteiger partial charge in [0.1, 0.15) is 0 Å². The van der Waals surface area contributed by atoms with Crippen molar-refractivity contribution < 1.29 is 0 Å². The van der Waals surface area contributed by atoms with Crippen molar-refractivity contribution in [2.75, 3.05) is 0 Å². The second kappa shape index (κ2) is 7.99. The fraction of sp³-hybridized carbons (Fsp3) is 0.632. The van der Waals surface area contributed by atoms with Crippen LogP contribution in [0.2, 0.25) is 0 Å². The summed E-state index contributed by atoms with van der Waals surface area (Å²) in [5, 5.41) is 1.55. The molecule has 0 fully saturated rings. The molecule has 1 heterocycles. The Morgan fingerprint density at radius 2 is 1.55 bits per heavy atom. The maximum absolute atomic E-state index is 3.63. The normalized spacial score (nSPS) is 18.1. The molecule has 2 aliphatic rings. The molecule has 1 radical (unpaired) electrons. The lowest BCUT2D eigenvalue weighted by molar-refractivity contribution is 0.750. The Morgan fingerprint density at radius 3 is 2.25 bits per heavy atom. The molecule has 20 heavy (non-hydrogen) atoms. The standard InChI is InChI=1S/C19H28P/c1-4-7-10-15-13-18-19(17(15)12-9-6-3)16(14-20-18)11-8-5-2/h13H,4-12H2,1-3H3. The molecule has 0 atom stereocenters. The molecule has 0 spiro atoms. The maximum atomic E-state index is 3.63. The lowest BCUT2D eigenvalue weighted by Gasteiger charge is -2.12. The monoisotopic (exact) mass is 287 g/mol. The van der Waals surface area contributed by atoms with Gasteiger partial charge in [0.15, 0.2) is 0 Å². The first-order chi connectivity index (χ1) is 9.81. The summed E-state index contributed by atoms with van der Waals surface area (Å²) in [4.78, 5) is 0. The van der Waals surface area contributed by atoms with Crippen molar-refractivity contribution in [3.8, 4) is 0 Å². The summed E-state index contributed by atoms with van der Waals surface area (Å²) < 4.78 is 0. The molecule has 1 heteroatoms. The Morgan fingerprint density at radius 1 is 0.900 bits per heavy atom. The molecule has 1 aliphatic heterocycles. The summed E-state index contributed by atoms with van der Waals surface area (Å²) in [5.41, 5.74) is 6.46. The molecule has 2 rings (SSSR count). The summed E-state index contributed by atoms with van der Waals surface area (Å²) in [6.45, 7) is 6.87. The van der Waals surface area contributed by atoms with Crippen LogP contribution in [-0.2, 0) is 0 Å². The van der Waals surface area contributed by atoms with Crippen LogP contribution in [-0.4, -0.2) is 5.29 Å². The number of fused-ring (bicyclic) bond motifs is 1. The van der Waals surface area contributed by atoms with Crippen LogP contribution in [0, 0.1) is 5.82 Å². The molecule has 0 bridgehead atoms. The van der Waals surface area contributed by atoms with Crippen LogP contribution in [0.3, 0.4) is 0 Å². The molecule has 0 N–H and O–H groups in total. The molecule has 1 aliphatic carbocycles. The van der Waals surface area contributed by atoms with Gasteiger partial charge in [0.2, 0.25) is 0 Å². The predicted octanol–water partition coefficient (Wildman–Crippen LogP) is 6.61. The fourth-order valence-electron chi connectivity index (χ4n) is 3.01. The van der Waals surface area contributed by atoms with E-state index >= 15 is 0 Å². The van der Waals surface area contributed by atoms with Crippen molar-refractivity contribution in [3.05, 3.63) is 34.2 Å². The van der Waals surface area contributed by atoms with E-state index in [9.17, 15) is 0 Å². The third kappa shape index (κ3) is 3.53. The highest BCUT2D eigenvalue weighted by Gasteiger charge is 2.26. The predicted molar refractivity (Wildman–Crippen MR) is 92.4 cm³/mol. The van der Waals surface area contributed by atoms with Gasteiger partial charge in [-0.1, -0.05) is 48.2 Å². The zero-order valence-corrected chi connectivity index (χ0v) is 14.3. The molecule has 0 aromatic carbocycles. The van der Waals surface area contributed by atoms with Gasteiger partial charge < -0.3 is 0 Å². The topological polar surface area (TPSA) is 0 Å². The summed E-state index contributed by atoms with van der Waals surface area (Å²) in [7, 11) is 1.33. The van der Waals surface area contributed by atoms with E-state index in [1.54, 1.807) is 22.0 Å². The molecule has 0 amide bonds. The third-order valence-corrected chi connectivity index (χ3v) is 5.21.